The number of pyridine rings is 1. The summed E-state index contributed by atoms with van der Waals surface area (Å²) in [5, 5.41) is 11.8. The minimum atomic E-state index is 0.185. The molecule has 1 N–H and O–H groups in total. The monoisotopic (exact) mass is 205 g/mol. The van der Waals surface area contributed by atoms with Gasteiger partial charge in [0.15, 0.2) is 0 Å². The van der Waals surface area contributed by atoms with E-state index in [2.05, 4.69) is 16.4 Å². The number of nitriles is 1. The third kappa shape index (κ3) is 3.47. The Morgan fingerprint density at radius 3 is 2.87 bits per heavy atom. The normalized spacial score (nSPS) is 11.5. The van der Waals surface area contributed by atoms with E-state index < -0.39 is 0 Å². The maximum absolute atomic E-state index is 8.60. The molecule has 80 valence electrons. The fourth-order valence-electron chi connectivity index (χ4n) is 1.23. The Morgan fingerprint density at radius 2 is 2.40 bits per heavy atom. The minimum absolute atomic E-state index is 0.185. The van der Waals surface area contributed by atoms with Crippen LogP contribution >= 0.6 is 0 Å². The zero-order valence-corrected chi connectivity index (χ0v) is 9.03. The van der Waals surface area contributed by atoms with Crippen LogP contribution in [-0.2, 0) is 0 Å². The topological polar surface area (TPSA) is 57.9 Å². The molecule has 0 aliphatic heterocycles. The molecule has 0 aliphatic carbocycles. The van der Waals surface area contributed by atoms with E-state index in [1.165, 1.54) is 0 Å². The Balaban J connectivity index is 2.59. The van der Waals surface area contributed by atoms with Gasteiger partial charge >= 0.3 is 0 Å². The van der Waals surface area contributed by atoms with Crippen molar-refractivity contribution in [3.8, 4) is 11.9 Å². The molecule has 0 amide bonds. The van der Waals surface area contributed by atoms with Gasteiger partial charge in [0, 0.05) is 12.1 Å². The number of anilines is 1. The lowest BCUT2D eigenvalue weighted by atomic mass is 10.1. The molecule has 1 heterocycles. The second kappa shape index (κ2) is 5.86. The summed E-state index contributed by atoms with van der Waals surface area (Å²) in [5.41, 5.74) is 0.915. The summed E-state index contributed by atoms with van der Waals surface area (Å²) in [5.74, 6) is 0.592. The third-order valence-corrected chi connectivity index (χ3v) is 2.15. The maximum Gasteiger partial charge on any atom is 0.213 e. The van der Waals surface area contributed by atoms with Gasteiger partial charge in [0.05, 0.1) is 31.5 Å². The lowest BCUT2D eigenvalue weighted by Gasteiger charge is -2.14. The van der Waals surface area contributed by atoms with Crippen molar-refractivity contribution in [3.05, 3.63) is 18.3 Å². The molecule has 4 nitrogen and oxygen atoms in total. The lowest BCUT2D eigenvalue weighted by Crippen LogP contribution is -2.17. The maximum atomic E-state index is 8.60. The summed E-state index contributed by atoms with van der Waals surface area (Å²) in [6, 6.07) is 6.03. The van der Waals surface area contributed by atoms with Gasteiger partial charge in [0.25, 0.3) is 0 Å². The van der Waals surface area contributed by atoms with Crippen LogP contribution in [0.2, 0.25) is 0 Å². The van der Waals surface area contributed by atoms with Crippen molar-refractivity contribution in [2.75, 3.05) is 12.4 Å². The van der Waals surface area contributed by atoms with Crippen LogP contribution in [0.5, 0.6) is 5.88 Å². The van der Waals surface area contributed by atoms with Gasteiger partial charge in [-0.3, -0.25) is 0 Å². The highest BCUT2D eigenvalue weighted by Gasteiger charge is 2.05. The third-order valence-electron chi connectivity index (χ3n) is 2.15. The molecular formula is C11H15N3O. The lowest BCUT2D eigenvalue weighted by molar-refractivity contribution is 0.398. The van der Waals surface area contributed by atoms with Gasteiger partial charge in [-0.1, -0.05) is 6.92 Å². The molecule has 1 rings (SSSR count). The van der Waals surface area contributed by atoms with Crippen LogP contribution < -0.4 is 10.1 Å². The fourth-order valence-corrected chi connectivity index (χ4v) is 1.23. The molecule has 0 saturated carbocycles. The second-order valence-corrected chi connectivity index (χ2v) is 3.20. The molecule has 0 fully saturated rings. The van der Waals surface area contributed by atoms with Crippen molar-refractivity contribution < 1.29 is 4.74 Å². The Labute approximate surface area is 89.9 Å². The first-order valence-electron chi connectivity index (χ1n) is 4.93. The number of ether oxygens (including phenoxy) is 1. The van der Waals surface area contributed by atoms with E-state index in [0.717, 1.165) is 12.1 Å². The fraction of sp³-hybridized carbons (Fsp3) is 0.455. The van der Waals surface area contributed by atoms with Crippen molar-refractivity contribution in [1.29, 1.82) is 5.26 Å². The Bertz CT molecular complexity index is 329. The Hall–Kier alpha value is -1.76. The summed E-state index contributed by atoms with van der Waals surface area (Å²) < 4.78 is 4.96. The molecular weight excluding hydrogens is 190 g/mol. The zero-order valence-electron chi connectivity index (χ0n) is 9.03. The summed E-state index contributed by atoms with van der Waals surface area (Å²) in [4.78, 5) is 4.08. The quantitative estimate of drug-likeness (QED) is 0.800. The van der Waals surface area contributed by atoms with Gasteiger partial charge < -0.3 is 10.1 Å². The van der Waals surface area contributed by atoms with Crippen molar-refractivity contribution >= 4 is 5.69 Å². The number of nitrogens with zero attached hydrogens (tertiary/aromatic N) is 2. The van der Waals surface area contributed by atoms with E-state index in [-0.39, 0.29) is 6.04 Å². The Morgan fingerprint density at radius 1 is 1.60 bits per heavy atom. The van der Waals surface area contributed by atoms with Crippen molar-refractivity contribution in [1.82, 2.24) is 4.98 Å². The molecule has 4 heteroatoms. The molecule has 0 bridgehead atoms. The zero-order chi connectivity index (χ0) is 11.1. The van der Waals surface area contributed by atoms with Crippen LogP contribution in [0.3, 0.4) is 0 Å². The molecule has 1 aromatic rings. The van der Waals surface area contributed by atoms with E-state index >= 15 is 0 Å². The molecule has 0 saturated heterocycles. The first-order chi connectivity index (χ1) is 7.30. The van der Waals surface area contributed by atoms with Crippen LogP contribution in [0.25, 0.3) is 0 Å². The largest absolute Gasteiger partial charge is 0.481 e. The van der Waals surface area contributed by atoms with Gasteiger partial charge in [-0.05, 0) is 12.5 Å². The molecule has 0 aromatic carbocycles. The molecule has 1 atom stereocenters. The SMILES string of the molecule is CCC(CC#N)Nc1ccc(OC)nc1. The predicted molar refractivity (Wildman–Crippen MR) is 58.7 cm³/mol. The molecule has 0 radical (unpaired) electrons. The van der Waals surface area contributed by atoms with Crippen LogP contribution in [0.4, 0.5) is 5.69 Å². The predicted octanol–water partition coefficient (Wildman–Crippen LogP) is 2.19. The first-order valence-corrected chi connectivity index (χ1v) is 4.93. The van der Waals surface area contributed by atoms with Crippen LogP contribution in [-0.4, -0.2) is 18.1 Å². The number of hydrogen-bond acceptors (Lipinski definition) is 4. The highest BCUT2D eigenvalue weighted by Crippen LogP contribution is 2.13. The number of rotatable bonds is 5. The smallest absolute Gasteiger partial charge is 0.213 e. The van der Waals surface area contributed by atoms with Gasteiger partial charge in [0.2, 0.25) is 5.88 Å². The van der Waals surface area contributed by atoms with E-state index in [1.807, 2.05) is 13.0 Å². The van der Waals surface area contributed by atoms with Crippen molar-refractivity contribution in [3.63, 3.8) is 0 Å². The Kier molecular flexibility index (Phi) is 4.42. The van der Waals surface area contributed by atoms with Gasteiger partial charge in [0.1, 0.15) is 0 Å². The molecule has 1 aromatic heterocycles. The highest BCUT2D eigenvalue weighted by molar-refractivity contribution is 5.43. The van der Waals surface area contributed by atoms with Crippen LogP contribution in [0.15, 0.2) is 18.3 Å². The average Bonchev–Trinajstić information content (AvgIpc) is 2.29. The van der Waals surface area contributed by atoms with E-state index in [9.17, 15) is 0 Å². The summed E-state index contributed by atoms with van der Waals surface area (Å²) >= 11 is 0. The van der Waals surface area contributed by atoms with E-state index in [4.69, 9.17) is 10.00 Å². The van der Waals surface area contributed by atoms with Gasteiger partial charge in [-0.2, -0.15) is 5.26 Å². The summed E-state index contributed by atoms with van der Waals surface area (Å²) in [6.45, 7) is 2.05. The average molecular weight is 205 g/mol. The van der Waals surface area contributed by atoms with E-state index in [1.54, 1.807) is 19.4 Å². The molecule has 15 heavy (non-hydrogen) atoms. The highest BCUT2D eigenvalue weighted by atomic mass is 16.5. The first kappa shape index (κ1) is 11.3. The van der Waals surface area contributed by atoms with E-state index in [0.29, 0.717) is 12.3 Å². The van der Waals surface area contributed by atoms with Crippen molar-refractivity contribution in [2.45, 2.75) is 25.8 Å². The van der Waals surface area contributed by atoms with Crippen LogP contribution in [0, 0.1) is 11.3 Å². The summed E-state index contributed by atoms with van der Waals surface area (Å²) in [6.07, 6.45) is 3.13. The number of methoxy groups -OCH3 is 1. The van der Waals surface area contributed by atoms with Gasteiger partial charge in [-0.15, -0.1) is 0 Å². The second-order valence-electron chi connectivity index (χ2n) is 3.20. The summed E-state index contributed by atoms with van der Waals surface area (Å²) in [7, 11) is 1.58. The van der Waals surface area contributed by atoms with Gasteiger partial charge in [-0.25, -0.2) is 4.98 Å². The minimum Gasteiger partial charge on any atom is -0.481 e. The molecule has 0 aliphatic rings. The van der Waals surface area contributed by atoms with Crippen molar-refractivity contribution in [2.24, 2.45) is 0 Å². The van der Waals surface area contributed by atoms with Crippen LogP contribution in [0.1, 0.15) is 19.8 Å². The number of aromatic nitrogens is 1. The number of nitrogens with one attached hydrogen (secondary N) is 1. The molecule has 0 spiro atoms. The standard InChI is InChI=1S/C11H15N3O/c1-3-9(6-7-12)14-10-4-5-11(15-2)13-8-10/h4-5,8-9,14H,3,6H2,1-2H3. The number of hydrogen-bond donors (Lipinski definition) is 1. The molecule has 1 unspecified atom stereocenters.